The van der Waals surface area contributed by atoms with Gasteiger partial charge in [0.25, 0.3) is 0 Å². The second kappa shape index (κ2) is 7.87. The van der Waals surface area contributed by atoms with Gasteiger partial charge in [0.05, 0.1) is 17.2 Å². The van der Waals surface area contributed by atoms with Crippen molar-refractivity contribution in [2.75, 3.05) is 18.4 Å². The standard InChI is InChI=1S/C15H20BrN3OS/c16-12-7-3-4-8-13(12)18-15(20)10-19(9-14(17)21)11-5-1-2-6-11/h3-4,7-8,11H,1-2,5-6,9-10H2,(H2,17,21)(H,18,20). The van der Waals surface area contributed by atoms with Crippen LogP contribution in [0, 0.1) is 0 Å². The van der Waals surface area contributed by atoms with E-state index in [2.05, 4.69) is 26.1 Å². The molecule has 1 aliphatic carbocycles. The molecule has 21 heavy (non-hydrogen) atoms. The molecule has 0 saturated heterocycles. The molecule has 6 heteroatoms. The van der Waals surface area contributed by atoms with Gasteiger partial charge < -0.3 is 11.1 Å². The first kappa shape index (κ1) is 16.4. The summed E-state index contributed by atoms with van der Waals surface area (Å²) in [7, 11) is 0. The summed E-state index contributed by atoms with van der Waals surface area (Å²) in [4.78, 5) is 14.8. The van der Waals surface area contributed by atoms with Gasteiger partial charge >= 0.3 is 0 Å². The predicted molar refractivity (Wildman–Crippen MR) is 93.4 cm³/mol. The Bertz CT molecular complexity index is 517. The molecule has 1 aromatic rings. The highest BCUT2D eigenvalue weighted by molar-refractivity contribution is 9.10. The second-order valence-corrected chi connectivity index (χ2v) is 6.72. The number of nitrogens with two attached hydrogens (primary N) is 1. The van der Waals surface area contributed by atoms with Crippen LogP contribution in [0.15, 0.2) is 28.7 Å². The number of nitrogens with one attached hydrogen (secondary N) is 1. The van der Waals surface area contributed by atoms with Crippen molar-refractivity contribution < 1.29 is 4.79 Å². The average Bonchev–Trinajstić information content (AvgIpc) is 2.94. The van der Waals surface area contributed by atoms with Gasteiger partial charge in [-0.2, -0.15) is 0 Å². The first-order chi connectivity index (χ1) is 10.1. The molecule has 0 unspecified atom stereocenters. The molecular formula is C15H20BrN3OS. The predicted octanol–water partition coefficient (Wildman–Crippen LogP) is 2.92. The highest BCUT2D eigenvalue weighted by Gasteiger charge is 2.24. The van der Waals surface area contributed by atoms with Crippen molar-refractivity contribution in [3.8, 4) is 0 Å². The molecule has 0 bridgehead atoms. The fourth-order valence-electron chi connectivity index (χ4n) is 2.72. The molecule has 0 aliphatic heterocycles. The number of hydrogen-bond donors (Lipinski definition) is 2. The first-order valence-electron chi connectivity index (χ1n) is 7.13. The number of carbonyl (C=O) groups excluding carboxylic acids is 1. The van der Waals surface area contributed by atoms with Crippen molar-refractivity contribution in [1.82, 2.24) is 4.90 Å². The maximum Gasteiger partial charge on any atom is 0.238 e. The van der Waals surface area contributed by atoms with Crippen molar-refractivity contribution in [2.45, 2.75) is 31.7 Å². The van der Waals surface area contributed by atoms with Gasteiger partial charge in [0.1, 0.15) is 0 Å². The van der Waals surface area contributed by atoms with Crippen LogP contribution >= 0.6 is 28.1 Å². The van der Waals surface area contributed by atoms with Crippen molar-refractivity contribution in [1.29, 1.82) is 0 Å². The van der Waals surface area contributed by atoms with Crippen molar-refractivity contribution in [3.63, 3.8) is 0 Å². The fraction of sp³-hybridized carbons (Fsp3) is 0.467. The van der Waals surface area contributed by atoms with E-state index in [0.29, 0.717) is 24.1 Å². The molecule has 1 aliphatic rings. The molecule has 0 heterocycles. The number of para-hydroxylation sites is 1. The van der Waals surface area contributed by atoms with Crippen LogP contribution in [0.1, 0.15) is 25.7 Å². The van der Waals surface area contributed by atoms with Crippen LogP contribution < -0.4 is 11.1 Å². The van der Waals surface area contributed by atoms with Gasteiger partial charge in [0.2, 0.25) is 5.91 Å². The van der Waals surface area contributed by atoms with Gasteiger partial charge in [-0.1, -0.05) is 37.2 Å². The van der Waals surface area contributed by atoms with E-state index >= 15 is 0 Å². The van der Waals surface area contributed by atoms with E-state index in [4.69, 9.17) is 18.0 Å². The summed E-state index contributed by atoms with van der Waals surface area (Å²) < 4.78 is 0.875. The minimum Gasteiger partial charge on any atom is -0.392 e. The molecule has 4 nitrogen and oxygen atoms in total. The fourth-order valence-corrected chi connectivity index (χ4v) is 3.27. The summed E-state index contributed by atoms with van der Waals surface area (Å²) in [6.45, 7) is 0.826. The number of thiocarbonyl (C=S) groups is 1. The third-order valence-corrected chi connectivity index (χ3v) is 4.52. The van der Waals surface area contributed by atoms with Gasteiger partial charge in [0.15, 0.2) is 0 Å². The van der Waals surface area contributed by atoms with E-state index in [-0.39, 0.29) is 5.91 Å². The van der Waals surface area contributed by atoms with E-state index in [1.54, 1.807) is 0 Å². The normalized spacial score (nSPS) is 15.3. The lowest BCUT2D eigenvalue weighted by Gasteiger charge is -2.27. The number of rotatable bonds is 6. The summed E-state index contributed by atoms with van der Waals surface area (Å²) in [6, 6.07) is 7.99. The van der Waals surface area contributed by atoms with Gasteiger partial charge in [-0.25, -0.2) is 0 Å². The summed E-state index contributed by atoms with van der Waals surface area (Å²) >= 11 is 8.44. The van der Waals surface area contributed by atoms with Gasteiger partial charge in [-0.3, -0.25) is 9.69 Å². The number of nitrogens with zero attached hydrogens (tertiary/aromatic N) is 1. The van der Waals surface area contributed by atoms with E-state index < -0.39 is 0 Å². The molecule has 1 saturated carbocycles. The molecule has 0 spiro atoms. The number of halogens is 1. The van der Waals surface area contributed by atoms with E-state index in [0.717, 1.165) is 23.0 Å². The minimum absolute atomic E-state index is 0.0370. The lowest BCUT2D eigenvalue weighted by molar-refractivity contribution is -0.117. The third-order valence-electron chi connectivity index (χ3n) is 3.69. The minimum atomic E-state index is -0.0370. The maximum absolute atomic E-state index is 12.3. The summed E-state index contributed by atoms with van der Waals surface area (Å²) in [5.74, 6) is -0.0370. The number of amides is 1. The van der Waals surface area contributed by atoms with Crippen LogP contribution in [0.3, 0.4) is 0 Å². The molecule has 114 valence electrons. The average molecular weight is 370 g/mol. The molecule has 3 N–H and O–H groups in total. The Labute approximate surface area is 139 Å². The van der Waals surface area contributed by atoms with Crippen molar-refractivity contribution in [3.05, 3.63) is 28.7 Å². The zero-order chi connectivity index (χ0) is 15.2. The lowest BCUT2D eigenvalue weighted by Crippen LogP contribution is -2.43. The zero-order valence-corrected chi connectivity index (χ0v) is 14.3. The van der Waals surface area contributed by atoms with Crippen LogP contribution in [0.25, 0.3) is 0 Å². The van der Waals surface area contributed by atoms with Crippen LogP contribution in [0.5, 0.6) is 0 Å². The molecule has 1 aromatic carbocycles. The van der Waals surface area contributed by atoms with Crippen LogP contribution in [0.2, 0.25) is 0 Å². The van der Waals surface area contributed by atoms with E-state index in [1.807, 2.05) is 24.3 Å². The van der Waals surface area contributed by atoms with Gasteiger partial charge in [-0.15, -0.1) is 0 Å². The first-order valence-corrected chi connectivity index (χ1v) is 8.33. The molecule has 0 atom stereocenters. The highest BCUT2D eigenvalue weighted by Crippen LogP contribution is 2.24. The number of carbonyl (C=O) groups is 1. The Morgan fingerprint density at radius 1 is 1.33 bits per heavy atom. The quantitative estimate of drug-likeness (QED) is 0.756. The second-order valence-electron chi connectivity index (χ2n) is 5.34. The largest absolute Gasteiger partial charge is 0.392 e. The number of benzene rings is 1. The summed E-state index contributed by atoms with van der Waals surface area (Å²) in [6.07, 6.45) is 4.66. The number of anilines is 1. The molecule has 2 rings (SSSR count). The number of hydrogen-bond acceptors (Lipinski definition) is 3. The molecular weight excluding hydrogens is 350 g/mol. The van der Waals surface area contributed by atoms with Crippen LogP contribution in [-0.2, 0) is 4.79 Å². The Kier molecular flexibility index (Phi) is 6.14. The zero-order valence-electron chi connectivity index (χ0n) is 11.8. The van der Waals surface area contributed by atoms with E-state index in [1.165, 1.54) is 12.8 Å². The van der Waals surface area contributed by atoms with Crippen LogP contribution in [-0.4, -0.2) is 34.9 Å². The Hall–Kier alpha value is -0.980. The summed E-state index contributed by atoms with van der Waals surface area (Å²) in [5.41, 5.74) is 6.45. The van der Waals surface area contributed by atoms with Gasteiger partial charge in [-0.05, 0) is 40.9 Å². The topological polar surface area (TPSA) is 58.4 Å². The Balaban J connectivity index is 1.97. The van der Waals surface area contributed by atoms with Gasteiger partial charge in [0, 0.05) is 17.1 Å². The SMILES string of the molecule is NC(=S)CN(CC(=O)Nc1ccccc1Br)C1CCCC1. The maximum atomic E-state index is 12.3. The monoisotopic (exact) mass is 369 g/mol. The molecule has 1 fully saturated rings. The van der Waals surface area contributed by atoms with Crippen molar-refractivity contribution >= 4 is 44.7 Å². The van der Waals surface area contributed by atoms with E-state index in [9.17, 15) is 4.79 Å². The molecule has 0 radical (unpaired) electrons. The summed E-state index contributed by atoms with van der Waals surface area (Å²) in [5, 5.41) is 2.93. The molecule has 0 aromatic heterocycles. The lowest BCUT2D eigenvalue weighted by atomic mass is 10.2. The highest BCUT2D eigenvalue weighted by atomic mass is 79.9. The van der Waals surface area contributed by atoms with Crippen molar-refractivity contribution in [2.24, 2.45) is 5.73 Å². The Morgan fingerprint density at radius 3 is 2.62 bits per heavy atom. The Morgan fingerprint density at radius 2 is 2.00 bits per heavy atom. The molecule has 1 amide bonds. The van der Waals surface area contributed by atoms with Crippen LogP contribution in [0.4, 0.5) is 5.69 Å². The smallest absolute Gasteiger partial charge is 0.238 e. The third kappa shape index (κ3) is 5.05.